The molecule has 1 atom stereocenters. The van der Waals surface area contributed by atoms with E-state index < -0.39 is 5.41 Å². The van der Waals surface area contributed by atoms with Crippen molar-refractivity contribution < 1.29 is 19.5 Å². The molecule has 114 valence electrons. The molecule has 2 aliphatic rings. The van der Waals surface area contributed by atoms with Gasteiger partial charge in [-0.05, 0) is 32.6 Å². The van der Waals surface area contributed by atoms with E-state index in [2.05, 4.69) is 10.5 Å². The van der Waals surface area contributed by atoms with Crippen LogP contribution in [0.3, 0.4) is 0 Å². The lowest BCUT2D eigenvalue weighted by Gasteiger charge is -2.35. The highest BCUT2D eigenvalue weighted by Gasteiger charge is 2.45. The van der Waals surface area contributed by atoms with Gasteiger partial charge in [0.25, 0.3) is 0 Å². The summed E-state index contributed by atoms with van der Waals surface area (Å²) in [7, 11) is 0. The van der Waals surface area contributed by atoms with Crippen LogP contribution in [0, 0.1) is 5.41 Å². The maximum absolute atomic E-state index is 12.5. The zero-order valence-electron chi connectivity index (χ0n) is 11.9. The van der Waals surface area contributed by atoms with Crippen LogP contribution in [0.1, 0.15) is 32.6 Å². The van der Waals surface area contributed by atoms with Crippen LogP contribution >= 0.6 is 0 Å². The van der Waals surface area contributed by atoms with Crippen LogP contribution in [-0.4, -0.2) is 48.9 Å². The van der Waals surface area contributed by atoms with E-state index in [1.54, 1.807) is 0 Å². The summed E-state index contributed by atoms with van der Waals surface area (Å²) in [4.78, 5) is 12.5. The Morgan fingerprint density at radius 2 is 2.05 bits per heavy atom. The van der Waals surface area contributed by atoms with Crippen molar-refractivity contribution in [3.05, 3.63) is 0 Å². The van der Waals surface area contributed by atoms with Crippen molar-refractivity contribution in [3.63, 3.8) is 0 Å². The van der Waals surface area contributed by atoms with Gasteiger partial charge >= 0.3 is 0 Å². The number of nitrogens with zero attached hydrogens (tertiary/aromatic N) is 1. The summed E-state index contributed by atoms with van der Waals surface area (Å²) in [6, 6.07) is 0. The third-order valence-electron chi connectivity index (χ3n) is 4.30. The Balaban J connectivity index is 2.03. The summed E-state index contributed by atoms with van der Waals surface area (Å²) in [5.74, 6) is -0.261. The van der Waals surface area contributed by atoms with E-state index in [9.17, 15) is 4.79 Å². The van der Waals surface area contributed by atoms with Gasteiger partial charge in [0, 0.05) is 26.4 Å². The van der Waals surface area contributed by atoms with Gasteiger partial charge in [-0.25, -0.2) is 0 Å². The fourth-order valence-corrected chi connectivity index (χ4v) is 2.83. The summed E-state index contributed by atoms with van der Waals surface area (Å²) in [6.07, 6.45) is 2.77. The average molecular weight is 285 g/mol. The fraction of sp³-hybridized carbons (Fsp3) is 0.846. The van der Waals surface area contributed by atoms with Gasteiger partial charge < -0.3 is 25.7 Å². The number of carbonyl (C=O) groups excluding carboxylic acids is 1. The molecular weight excluding hydrogens is 262 g/mol. The largest absolute Gasteiger partial charge is 0.409 e. The van der Waals surface area contributed by atoms with E-state index in [0.29, 0.717) is 32.6 Å². The van der Waals surface area contributed by atoms with Gasteiger partial charge in [0.05, 0.1) is 5.60 Å². The van der Waals surface area contributed by atoms with Crippen LogP contribution in [0.4, 0.5) is 0 Å². The van der Waals surface area contributed by atoms with Crippen molar-refractivity contribution >= 4 is 11.7 Å². The topological polar surface area (TPSA) is 106 Å². The molecule has 2 heterocycles. The Hall–Kier alpha value is -1.34. The summed E-state index contributed by atoms with van der Waals surface area (Å²) in [6.45, 7) is 4.01. The van der Waals surface area contributed by atoms with Gasteiger partial charge in [0.2, 0.25) is 5.91 Å². The summed E-state index contributed by atoms with van der Waals surface area (Å²) >= 11 is 0. The highest BCUT2D eigenvalue weighted by atomic mass is 16.5. The molecule has 2 aliphatic heterocycles. The molecule has 0 aromatic rings. The van der Waals surface area contributed by atoms with Gasteiger partial charge in [0.1, 0.15) is 5.41 Å². The number of oxime groups is 1. The molecule has 0 aliphatic carbocycles. The van der Waals surface area contributed by atoms with Gasteiger partial charge in [-0.2, -0.15) is 0 Å². The lowest BCUT2D eigenvalue weighted by atomic mass is 9.78. The van der Waals surface area contributed by atoms with Crippen LogP contribution in [-0.2, 0) is 14.3 Å². The molecule has 0 saturated carbocycles. The van der Waals surface area contributed by atoms with Crippen molar-refractivity contribution in [1.82, 2.24) is 5.32 Å². The van der Waals surface area contributed by atoms with Crippen LogP contribution < -0.4 is 11.1 Å². The van der Waals surface area contributed by atoms with E-state index in [0.717, 1.165) is 19.4 Å². The molecule has 7 nitrogen and oxygen atoms in total. The van der Waals surface area contributed by atoms with Gasteiger partial charge in [-0.15, -0.1) is 0 Å². The maximum Gasteiger partial charge on any atom is 0.234 e. The smallest absolute Gasteiger partial charge is 0.234 e. The number of nitrogens with two attached hydrogens (primary N) is 1. The SMILES string of the molecule is CC1(CNC(=O)C2(C(N)=NO)CCOCC2)CCCO1. The minimum absolute atomic E-state index is 0.0456. The molecule has 4 N–H and O–H groups in total. The molecule has 20 heavy (non-hydrogen) atoms. The molecule has 0 aromatic carbocycles. The molecule has 1 amide bonds. The predicted octanol–water partition coefficient (Wildman–Crippen LogP) is 0.215. The Morgan fingerprint density at radius 3 is 2.60 bits per heavy atom. The molecule has 0 bridgehead atoms. The zero-order chi connectivity index (χ0) is 14.6. The van der Waals surface area contributed by atoms with Gasteiger partial charge in [-0.1, -0.05) is 5.16 Å². The lowest BCUT2D eigenvalue weighted by Crippen LogP contribution is -2.54. The normalized spacial score (nSPS) is 30.1. The number of amidine groups is 1. The molecule has 2 rings (SSSR count). The maximum atomic E-state index is 12.5. The number of hydrogen-bond donors (Lipinski definition) is 3. The monoisotopic (exact) mass is 285 g/mol. The second kappa shape index (κ2) is 5.97. The minimum atomic E-state index is -0.970. The minimum Gasteiger partial charge on any atom is -0.409 e. The number of rotatable bonds is 4. The quantitative estimate of drug-likeness (QED) is 0.296. The van der Waals surface area contributed by atoms with Crippen molar-refractivity contribution in [3.8, 4) is 0 Å². The molecule has 0 radical (unpaired) electrons. The lowest BCUT2D eigenvalue weighted by molar-refractivity contribution is -0.132. The molecule has 2 fully saturated rings. The first-order chi connectivity index (χ1) is 9.52. The third-order valence-corrected chi connectivity index (χ3v) is 4.30. The molecule has 7 heteroatoms. The average Bonchev–Trinajstić information content (AvgIpc) is 2.91. The second-order valence-electron chi connectivity index (χ2n) is 5.76. The Bertz CT molecular complexity index is 385. The molecular formula is C13H23N3O4. The van der Waals surface area contributed by atoms with Crippen molar-refractivity contribution in [1.29, 1.82) is 0 Å². The number of amides is 1. The first-order valence-corrected chi connectivity index (χ1v) is 7.00. The van der Waals surface area contributed by atoms with Crippen LogP contribution in [0.2, 0.25) is 0 Å². The van der Waals surface area contributed by atoms with Gasteiger partial charge in [0.15, 0.2) is 5.84 Å². The standard InChI is InChI=1S/C13H23N3O4/c1-12(3-2-6-20-12)9-15-11(17)13(10(14)16-18)4-7-19-8-5-13/h18H,2-9H2,1H3,(H2,14,16)(H,15,17). The summed E-state index contributed by atoms with van der Waals surface area (Å²) in [5, 5.41) is 14.9. The van der Waals surface area contributed by atoms with Crippen LogP contribution in [0.15, 0.2) is 5.16 Å². The van der Waals surface area contributed by atoms with Crippen molar-refractivity contribution in [2.45, 2.75) is 38.2 Å². The van der Waals surface area contributed by atoms with E-state index >= 15 is 0 Å². The zero-order valence-corrected chi connectivity index (χ0v) is 11.9. The van der Waals surface area contributed by atoms with Crippen LogP contribution in [0.25, 0.3) is 0 Å². The van der Waals surface area contributed by atoms with E-state index in [1.807, 2.05) is 6.92 Å². The fourth-order valence-electron chi connectivity index (χ4n) is 2.83. The summed E-state index contributed by atoms with van der Waals surface area (Å²) in [5.41, 5.74) is 4.47. The Morgan fingerprint density at radius 1 is 1.35 bits per heavy atom. The number of nitrogens with one attached hydrogen (secondary N) is 1. The summed E-state index contributed by atoms with van der Waals surface area (Å²) < 4.78 is 10.9. The molecule has 0 spiro atoms. The molecule has 0 aromatic heterocycles. The second-order valence-corrected chi connectivity index (χ2v) is 5.76. The Labute approximate surface area is 118 Å². The van der Waals surface area contributed by atoms with Crippen molar-refractivity contribution in [2.24, 2.45) is 16.3 Å². The first-order valence-electron chi connectivity index (χ1n) is 7.00. The van der Waals surface area contributed by atoms with E-state index in [4.69, 9.17) is 20.4 Å². The van der Waals surface area contributed by atoms with E-state index in [-0.39, 0.29) is 17.3 Å². The number of carbonyl (C=O) groups is 1. The van der Waals surface area contributed by atoms with Gasteiger partial charge in [-0.3, -0.25) is 4.79 Å². The predicted molar refractivity (Wildman–Crippen MR) is 72.5 cm³/mol. The highest BCUT2D eigenvalue weighted by molar-refractivity contribution is 6.06. The Kier molecular flexibility index (Phi) is 4.49. The molecule has 1 unspecified atom stereocenters. The van der Waals surface area contributed by atoms with Crippen molar-refractivity contribution in [2.75, 3.05) is 26.4 Å². The number of hydrogen-bond acceptors (Lipinski definition) is 5. The first kappa shape index (κ1) is 15.1. The number of ether oxygens (including phenoxy) is 2. The molecule has 2 saturated heterocycles. The highest BCUT2D eigenvalue weighted by Crippen LogP contribution is 2.32. The van der Waals surface area contributed by atoms with E-state index in [1.165, 1.54) is 0 Å². The van der Waals surface area contributed by atoms with Crippen LogP contribution in [0.5, 0.6) is 0 Å². The third kappa shape index (κ3) is 2.88.